The van der Waals surface area contributed by atoms with Crippen molar-refractivity contribution in [2.24, 2.45) is 5.16 Å². The molecule has 1 aromatic carbocycles. The van der Waals surface area contributed by atoms with Crippen molar-refractivity contribution in [3.8, 4) is 0 Å². The van der Waals surface area contributed by atoms with Gasteiger partial charge in [-0.25, -0.2) is 0 Å². The summed E-state index contributed by atoms with van der Waals surface area (Å²) in [5, 5.41) is 3.48. The Morgan fingerprint density at radius 3 is 2.79 bits per heavy atom. The molecule has 1 aromatic rings. The van der Waals surface area contributed by atoms with E-state index < -0.39 is 10.1 Å². The third-order valence-corrected chi connectivity index (χ3v) is 3.02. The molecular weight excluding hydrogens is 206 g/mol. The Labute approximate surface area is 81.1 Å². The van der Waals surface area contributed by atoms with E-state index in [0.29, 0.717) is 5.56 Å². The third kappa shape index (κ3) is 1.24. The molecule has 0 aliphatic carbocycles. The Kier molecular flexibility index (Phi) is 1.92. The molecule has 14 heavy (non-hydrogen) atoms. The van der Waals surface area contributed by atoms with Crippen LogP contribution in [0.25, 0.3) is 0 Å². The molecule has 2 rings (SSSR count). The van der Waals surface area contributed by atoms with Crippen LogP contribution in [0.15, 0.2) is 34.3 Å². The van der Waals surface area contributed by atoms with E-state index in [1.54, 1.807) is 18.2 Å². The zero-order valence-electron chi connectivity index (χ0n) is 7.30. The fraction of sp³-hybridized carbons (Fsp3) is 0.125. The first-order valence-corrected chi connectivity index (χ1v) is 5.21. The van der Waals surface area contributed by atoms with Gasteiger partial charge in [-0.15, -0.1) is 0 Å². The molecule has 0 saturated heterocycles. The molecule has 6 heteroatoms. The second kappa shape index (κ2) is 2.98. The van der Waals surface area contributed by atoms with Gasteiger partial charge in [-0.05, 0) is 17.3 Å². The SMILES string of the molecule is CO/N=C1\OS(=O)(=O)c2ccccc21. The molecule has 0 atom stereocenters. The molecular formula is C8H7NO4S. The number of hydrogen-bond donors (Lipinski definition) is 0. The Morgan fingerprint density at radius 2 is 2.07 bits per heavy atom. The Morgan fingerprint density at radius 1 is 1.36 bits per heavy atom. The van der Waals surface area contributed by atoms with Crippen LogP contribution < -0.4 is 0 Å². The molecule has 0 N–H and O–H groups in total. The van der Waals surface area contributed by atoms with Gasteiger partial charge in [0, 0.05) is 0 Å². The minimum Gasteiger partial charge on any atom is -0.396 e. The van der Waals surface area contributed by atoms with Gasteiger partial charge in [0.05, 0.1) is 5.56 Å². The highest BCUT2D eigenvalue weighted by atomic mass is 32.2. The Bertz CT molecular complexity index is 492. The molecule has 1 aliphatic heterocycles. The van der Waals surface area contributed by atoms with Crippen LogP contribution in [-0.4, -0.2) is 21.4 Å². The normalized spacial score (nSPS) is 20.2. The van der Waals surface area contributed by atoms with E-state index in [0.717, 1.165) is 0 Å². The molecule has 0 saturated carbocycles. The van der Waals surface area contributed by atoms with Crippen LogP contribution in [0.3, 0.4) is 0 Å². The van der Waals surface area contributed by atoms with E-state index in [2.05, 4.69) is 14.2 Å². The monoisotopic (exact) mass is 213 g/mol. The lowest BCUT2D eigenvalue weighted by atomic mass is 10.2. The first kappa shape index (κ1) is 9.01. The van der Waals surface area contributed by atoms with Gasteiger partial charge in [0.2, 0.25) is 0 Å². The number of fused-ring (bicyclic) bond motifs is 1. The second-order valence-corrected chi connectivity index (χ2v) is 4.13. The average molecular weight is 213 g/mol. The van der Waals surface area contributed by atoms with Crippen LogP contribution in [-0.2, 0) is 19.1 Å². The Balaban J connectivity index is 2.67. The van der Waals surface area contributed by atoms with Crippen molar-refractivity contribution in [3.05, 3.63) is 29.8 Å². The Hall–Kier alpha value is -1.56. The van der Waals surface area contributed by atoms with Crippen LogP contribution in [0.2, 0.25) is 0 Å². The molecule has 74 valence electrons. The zero-order valence-corrected chi connectivity index (χ0v) is 8.11. The summed E-state index contributed by atoms with van der Waals surface area (Å²) in [6.45, 7) is 0. The molecule has 1 aliphatic rings. The summed E-state index contributed by atoms with van der Waals surface area (Å²) in [4.78, 5) is 4.60. The summed E-state index contributed by atoms with van der Waals surface area (Å²) in [6, 6.07) is 6.39. The maximum atomic E-state index is 11.4. The van der Waals surface area contributed by atoms with Gasteiger partial charge in [0.15, 0.2) is 0 Å². The molecule has 0 amide bonds. The van der Waals surface area contributed by atoms with Crippen LogP contribution in [0, 0.1) is 0 Å². The van der Waals surface area contributed by atoms with Crippen molar-refractivity contribution in [2.75, 3.05) is 7.11 Å². The summed E-state index contributed by atoms with van der Waals surface area (Å²) < 4.78 is 27.4. The van der Waals surface area contributed by atoms with Gasteiger partial charge in [-0.1, -0.05) is 12.1 Å². The van der Waals surface area contributed by atoms with E-state index in [1.165, 1.54) is 13.2 Å². The van der Waals surface area contributed by atoms with Gasteiger partial charge in [0.25, 0.3) is 5.90 Å². The molecule has 0 fully saturated rings. The maximum absolute atomic E-state index is 11.4. The van der Waals surface area contributed by atoms with Crippen LogP contribution in [0.4, 0.5) is 0 Å². The lowest BCUT2D eigenvalue weighted by Gasteiger charge is -1.93. The first-order valence-electron chi connectivity index (χ1n) is 3.80. The smallest absolute Gasteiger partial charge is 0.341 e. The minimum atomic E-state index is -3.69. The van der Waals surface area contributed by atoms with Gasteiger partial charge in [-0.3, -0.25) is 0 Å². The van der Waals surface area contributed by atoms with Crippen molar-refractivity contribution in [1.29, 1.82) is 0 Å². The van der Waals surface area contributed by atoms with Crippen LogP contribution >= 0.6 is 0 Å². The van der Waals surface area contributed by atoms with Crippen molar-refractivity contribution in [3.63, 3.8) is 0 Å². The van der Waals surface area contributed by atoms with Crippen molar-refractivity contribution in [1.82, 2.24) is 0 Å². The number of oxime groups is 1. The third-order valence-electron chi connectivity index (χ3n) is 1.75. The topological polar surface area (TPSA) is 65.0 Å². The highest BCUT2D eigenvalue weighted by molar-refractivity contribution is 7.87. The second-order valence-electron chi connectivity index (χ2n) is 2.61. The summed E-state index contributed by atoms with van der Waals surface area (Å²) >= 11 is 0. The fourth-order valence-corrected chi connectivity index (χ4v) is 2.29. The van der Waals surface area contributed by atoms with Crippen LogP contribution in [0.1, 0.15) is 5.56 Å². The van der Waals surface area contributed by atoms with Crippen molar-refractivity contribution < 1.29 is 17.4 Å². The molecule has 0 spiro atoms. The maximum Gasteiger partial charge on any atom is 0.341 e. The lowest BCUT2D eigenvalue weighted by Crippen LogP contribution is -2.01. The van der Waals surface area contributed by atoms with Crippen LogP contribution in [0.5, 0.6) is 0 Å². The largest absolute Gasteiger partial charge is 0.396 e. The number of rotatable bonds is 1. The molecule has 0 bridgehead atoms. The lowest BCUT2D eigenvalue weighted by molar-refractivity contribution is 0.207. The quantitative estimate of drug-likeness (QED) is 0.509. The summed E-state index contributed by atoms with van der Waals surface area (Å²) in [5.41, 5.74) is 0.425. The molecule has 0 unspecified atom stereocenters. The predicted molar refractivity (Wildman–Crippen MR) is 48.3 cm³/mol. The van der Waals surface area contributed by atoms with Gasteiger partial charge in [-0.2, -0.15) is 8.42 Å². The zero-order chi connectivity index (χ0) is 10.2. The van der Waals surface area contributed by atoms with E-state index in [1.807, 2.05) is 0 Å². The standard InChI is InChI=1S/C8H7NO4S/c1-12-9-8-6-4-2-3-5-7(6)14(10,11)13-8/h2-5H,1H3/b9-8-. The summed E-state index contributed by atoms with van der Waals surface area (Å²) in [7, 11) is -2.36. The van der Waals surface area contributed by atoms with Gasteiger partial charge >= 0.3 is 10.1 Å². The summed E-state index contributed by atoms with van der Waals surface area (Å²) in [5.74, 6) is -0.0249. The number of nitrogens with zero attached hydrogens (tertiary/aromatic N) is 1. The number of hydrogen-bond acceptors (Lipinski definition) is 5. The van der Waals surface area contributed by atoms with Crippen molar-refractivity contribution >= 4 is 16.0 Å². The van der Waals surface area contributed by atoms with Crippen molar-refractivity contribution in [2.45, 2.75) is 4.90 Å². The minimum absolute atomic E-state index is 0.0249. The predicted octanol–water partition coefficient (Wildman–Crippen LogP) is 0.714. The highest BCUT2D eigenvalue weighted by Crippen LogP contribution is 2.27. The van der Waals surface area contributed by atoms with E-state index in [4.69, 9.17) is 0 Å². The van der Waals surface area contributed by atoms with E-state index in [-0.39, 0.29) is 10.8 Å². The van der Waals surface area contributed by atoms with E-state index in [9.17, 15) is 8.42 Å². The molecule has 1 heterocycles. The fourth-order valence-electron chi connectivity index (χ4n) is 1.20. The van der Waals surface area contributed by atoms with E-state index >= 15 is 0 Å². The molecule has 5 nitrogen and oxygen atoms in total. The highest BCUT2D eigenvalue weighted by Gasteiger charge is 2.33. The molecule has 0 radical (unpaired) electrons. The van der Waals surface area contributed by atoms with Gasteiger partial charge < -0.3 is 9.02 Å². The van der Waals surface area contributed by atoms with Gasteiger partial charge in [0.1, 0.15) is 12.0 Å². The average Bonchev–Trinajstić information content (AvgIpc) is 2.41. The number of benzene rings is 1. The first-order chi connectivity index (χ1) is 6.65. The molecule has 0 aromatic heterocycles. The summed E-state index contributed by atoms with van der Waals surface area (Å²) in [6.07, 6.45) is 0.